The Balaban J connectivity index is 1.41. The predicted octanol–water partition coefficient (Wildman–Crippen LogP) is 1.82. The number of amides is 2. The molecule has 2 aliphatic heterocycles. The number of oxime groups is 1. The number of benzene rings is 1. The van der Waals surface area contributed by atoms with Crippen LogP contribution in [-0.4, -0.2) is 61.9 Å². The van der Waals surface area contributed by atoms with Crippen molar-refractivity contribution in [2.75, 3.05) is 38.3 Å². The minimum Gasteiger partial charge on any atom is -0.386 e. The van der Waals surface area contributed by atoms with E-state index in [1.54, 1.807) is 11.9 Å². The van der Waals surface area contributed by atoms with Gasteiger partial charge >= 0.3 is 0 Å². The summed E-state index contributed by atoms with van der Waals surface area (Å²) in [6.45, 7) is 1.82. The van der Waals surface area contributed by atoms with E-state index >= 15 is 0 Å². The van der Waals surface area contributed by atoms with Crippen molar-refractivity contribution in [2.24, 2.45) is 5.16 Å². The van der Waals surface area contributed by atoms with E-state index in [9.17, 15) is 9.59 Å². The highest BCUT2D eigenvalue weighted by Gasteiger charge is 2.30. The number of carbonyl (C=O) groups excluding carboxylic acids is 2. The maximum atomic E-state index is 12.3. The Hall–Kier alpha value is -2.41. The van der Waals surface area contributed by atoms with Crippen molar-refractivity contribution in [1.82, 2.24) is 4.90 Å². The Labute approximate surface area is 153 Å². The summed E-state index contributed by atoms with van der Waals surface area (Å²) < 4.78 is 5.46. The number of hydrogen-bond donors (Lipinski definition) is 0. The van der Waals surface area contributed by atoms with Gasteiger partial charge in [-0.05, 0) is 25.0 Å². The molecule has 0 spiro atoms. The van der Waals surface area contributed by atoms with Crippen LogP contribution in [0.25, 0.3) is 0 Å². The van der Waals surface area contributed by atoms with Crippen LogP contribution in [0.3, 0.4) is 0 Å². The number of ether oxygens (including phenoxy) is 1. The highest BCUT2D eigenvalue weighted by molar-refractivity contribution is 5.94. The maximum absolute atomic E-state index is 12.3. The number of para-hydroxylation sites is 1. The number of piperidine rings is 1. The molecule has 0 radical (unpaired) electrons. The first-order valence-electron chi connectivity index (χ1n) is 9.05. The SMILES string of the molecule is CN(C(=O)CON=C1CCN(C(=O)[C@H]2CCCO2)CC1)c1ccccc1. The summed E-state index contributed by atoms with van der Waals surface area (Å²) in [5, 5.41) is 4.09. The van der Waals surface area contributed by atoms with Gasteiger partial charge in [0.1, 0.15) is 6.10 Å². The smallest absolute Gasteiger partial charge is 0.267 e. The highest BCUT2D eigenvalue weighted by atomic mass is 16.6. The van der Waals surface area contributed by atoms with Crippen LogP contribution < -0.4 is 4.90 Å². The van der Waals surface area contributed by atoms with E-state index in [2.05, 4.69) is 5.16 Å². The zero-order valence-electron chi connectivity index (χ0n) is 15.1. The number of carbonyl (C=O) groups is 2. The lowest BCUT2D eigenvalue weighted by Gasteiger charge is -2.29. The van der Waals surface area contributed by atoms with E-state index in [-0.39, 0.29) is 24.5 Å². The number of anilines is 1. The molecule has 26 heavy (non-hydrogen) atoms. The number of rotatable bonds is 5. The van der Waals surface area contributed by atoms with Crippen molar-refractivity contribution >= 4 is 23.2 Å². The first kappa shape index (κ1) is 18.4. The molecule has 0 saturated carbocycles. The molecule has 3 rings (SSSR count). The Morgan fingerprint density at radius 1 is 1.27 bits per heavy atom. The van der Waals surface area contributed by atoms with Crippen molar-refractivity contribution in [2.45, 2.75) is 31.8 Å². The lowest BCUT2D eigenvalue weighted by molar-refractivity contribution is -0.141. The van der Waals surface area contributed by atoms with Crippen LogP contribution >= 0.6 is 0 Å². The Morgan fingerprint density at radius 3 is 2.65 bits per heavy atom. The fourth-order valence-electron chi connectivity index (χ4n) is 3.12. The van der Waals surface area contributed by atoms with Crippen LogP contribution in [0.5, 0.6) is 0 Å². The Morgan fingerprint density at radius 2 is 2.00 bits per heavy atom. The van der Waals surface area contributed by atoms with Crippen LogP contribution in [0, 0.1) is 0 Å². The van der Waals surface area contributed by atoms with Crippen LogP contribution in [0.2, 0.25) is 0 Å². The van der Waals surface area contributed by atoms with E-state index in [1.165, 1.54) is 0 Å². The van der Waals surface area contributed by atoms with Gasteiger partial charge in [0.2, 0.25) is 0 Å². The molecule has 140 valence electrons. The van der Waals surface area contributed by atoms with Crippen molar-refractivity contribution in [3.63, 3.8) is 0 Å². The number of nitrogens with zero attached hydrogens (tertiary/aromatic N) is 3. The number of likely N-dealkylation sites (N-methyl/N-ethyl adjacent to an activating group) is 1. The summed E-state index contributed by atoms with van der Waals surface area (Å²) in [4.78, 5) is 33.1. The largest absolute Gasteiger partial charge is 0.386 e. The van der Waals surface area contributed by atoms with Gasteiger partial charge in [-0.2, -0.15) is 0 Å². The summed E-state index contributed by atoms with van der Waals surface area (Å²) in [5.74, 6) is -0.0753. The summed E-state index contributed by atoms with van der Waals surface area (Å²) in [6.07, 6.45) is 2.84. The second kappa shape index (κ2) is 8.80. The monoisotopic (exact) mass is 359 g/mol. The van der Waals surface area contributed by atoms with Crippen LogP contribution in [-0.2, 0) is 19.2 Å². The molecule has 2 aliphatic rings. The summed E-state index contributed by atoms with van der Waals surface area (Å²) in [5.41, 5.74) is 1.70. The third-order valence-electron chi connectivity index (χ3n) is 4.76. The van der Waals surface area contributed by atoms with E-state index in [1.807, 2.05) is 35.2 Å². The van der Waals surface area contributed by atoms with Gasteiger partial charge in [-0.1, -0.05) is 23.4 Å². The molecule has 7 heteroatoms. The molecule has 1 aromatic rings. The zero-order valence-corrected chi connectivity index (χ0v) is 15.1. The molecule has 1 atom stereocenters. The molecule has 0 aliphatic carbocycles. The minimum atomic E-state index is -0.268. The molecule has 7 nitrogen and oxygen atoms in total. The van der Waals surface area contributed by atoms with Gasteiger partial charge in [0, 0.05) is 45.3 Å². The van der Waals surface area contributed by atoms with E-state index in [0.29, 0.717) is 32.5 Å². The Bertz CT molecular complexity index is 646. The standard InChI is InChI=1S/C19H25N3O4/c1-21(16-6-3-2-4-7-16)18(23)14-26-20-15-9-11-22(12-10-15)19(24)17-8-5-13-25-17/h2-4,6-7,17H,5,8-14H2,1H3/t17-/m1/s1. The van der Waals surface area contributed by atoms with Gasteiger partial charge in [-0.25, -0.2) is 0 Å². The average molecular weight is 359 g/mol. The first-order chi connectivity index (χ1) is 12.6. The minimum absolute atomic E-state index is 0.0853. The summed E-state index contributed by atoms with van der Waals surface area (Å²) >= 11 is 0. The molecule has 2 fully saturated rings. The van der Waals surface area contributed by atoms with Gasteiger partial charge in [0.25, 0.3) is 11.8 Å². The lowest BCUT2D eigenvalue weighted by Crippen LogP contribution is -2.43. The molecule has 0 bridgehead atoms. The normalized spacial score (nSPS) is 20.0. The van der Waals surface area contributed by atoms with Gasteiger partial charge in [-0.15, -0.1) is 0 Å². The predicted molar refractivity (Wildman–Crippen MR) is 98.0 cm³/mol. The third-order valence-corrected chi connectivity index (χ3v) is 4.76. The summed E-state index contributed by atoms with van der Waals surface area (Å²) in [7, 11) is 1.71. The molecular formula is C19H25N3O4. The average Bonchev–Trinajstić information content (AvgIpc) is 3.23. The molecule has 2 saturated heterocycles. The molecule has 0 N–H and O–H groups in total. The molecule has 0 aromatic heterocycles. The number of likely N-dealkylation sites (tertiary alicyclic amines) is 1. The zero-order chi connectivity index (χ0) is 18.4. The van der Waals surface area contributed by atoms with Gasteiger partial charge in [0.15, 0.2) is 6.61 Å². The molecule has 2 heterocycles. The topological polar surface area (TPSA) is 71.4 Å². The van der Waals surface area contributed by atoms with Crippen LogP contribution in [0.1, 0.15) is 25.7 Å². The molecule has 0 unspecified atom stereocenters. The second-order valence-corrected chi connectivity index (χ2v) is 6.55. The van der Waals surface area contributed by atoms with Crippen molar-refractivity contribution < 1.29 is 19.2 Å². The molecular weight excluding hydrogens is 334 g/mol. The van der Waals surface area contributed by atoms with E-state index < -0.39 is 0 Å². The first-order valence-corrected chi connectivity index (χ1v) is 9.05. The van der Waals surface area contributed by atoms with E-state index in [0.717, 1.165) is 24.2 Å². The molecule has 1 aromatic carbocycles. The van der Waals surface area contributed by atoms with Gasteiger partial charge in [0.05, 0.1) is 5.71 Å². The summed E-state index contributed by atoms with van der Waals surface area (Å²) in [6, 6.07) is 9.40. The van der Waals surface area contributed by atoms with Crippen LogP contribution in [0.4, 0.5) is 5.69 Å². The quantitative estimate of drug-likeness (QED) is 0.752. The Kier molecular flexibility index (Phi) is 6.22. The van der Waals surface area contributed by atoms with Crippen LogP contribution in [0.15, 0.2) is 35.5 Å². The van der Waals surface area contributed by atoms with Crippen molar-refractivity contribution in [1.29, 1.82) is 0 Å². The van der Waals surface area contributed by atoms with Gasteiger partial charge < -0.3 is 19.4 Å². The third kappa shape index (κ3) is 4.60. The maximum Gasteiger partial charge on any atom is 0.267 e. The fraction of sp³-hybridized carbons (Fsp3) is 0.526. The lowest BCUT2D eigenvalue weighted by atomic mass is 10.1. The molecule has 2 amide bonds. The van der Waals surface area contributed by atoms with Crippen molar-refractivity contribution in [3.8, 4) is 0 Å². The number of hydrogen-bond acceptors (Lipinski definition) is 5. The highest BCUT2D eigenvalue weighted by Crippen LogP contribution is 2.17. The van der Waals surface area contributed by atoms with Gasteiger partial charge in [-0.3, -0.25) is 9.59 Å². The second-order valence-electron chi connectivity index (χ2n) is 6.55. The van der Waals surface area contributed by atoms with Crippen molar-refractivity contribution in [3.05, 3.63) is 30.3 Å². The fourth-order valence-corrected chi connectivity index (χ4v) is 3.12. The van der Waals surface area contributed by atoms with E-state index in [4.69, 9.17) is 9.57 Å².